The lowest BCUT2D eigenvalue weighted by atomic mass is 9.93. The van der Waals surface area contributed by atoms with Crippen LogP contribution in [0.1, 0.15) is 26.5 Å². The Balaban J connectivity index is 2.19. The largest absolute Gasteiger partial charge is 0.394 e. The van der Waals surface area contributed by atoms with Crippen LogP contribution in [0.15, 0.2) is 3.79 Å². The van der Waals surface area contributed by atoms with Crippen LogP contribution in [0.5, 0.6) is 0 Å². The molecule has 4 nitrogen and oxygen atoms in total. The zero-order chi connectivity index (χ0) is 13.3. The molecule has 1 saturated heterocycles. The van der Waals surface area contributed by atoms with Gasteiger partial charge in [-0.2, -0.15) is 0 Å². The number of hydrogen-bond acceptors (Lipinski definition) is 5. The van der Waals surface area contributed by atoms with Crippen LogP contribution in [-0.4, -0.2) is 42.5 Å². The molecule has 18 heavy (non-hydrogen) atoms. The van der Waals surface area contributed by atoms with Gasteiger partial charge in [0.1, 0.15) is 0 Å². The van der Waals surface area contributed by atoms with Crippen LogP contribution in [0.3, 0.4) is 0 Å². The van der Waals surface area contributed by atoms with Crippen LogP contribution < -0.4 is 4.90 Å². The van der Waals surface area contributed by atoms with E-state index in [-0.39, 0.29) is 18.1 Å². The predicted octanol–water partition coefficient (Wildman–Crippen LogP) is 2.40. The SMILES string of the molecule is CC(C)(C)c1nc(N2CCOC(CO)C2)sc1Br. The minimum Gasteiger partial charge on any atom is -0.394 e. The highest BCUT2D eigenvalue weighted by atomic mass is 79.9. The van der Waals surface area contributed by atoms with Crippen LogP contribution in [0.25, 0.3) is 0 Å². The van der Waals surface area contributed by atoms with Gasteiger partial charge in [-0.25, -0.2) is 4.98 Å². The molecule has 1 aliphatic heterocycles. The summed E-state index contributed by atoms with van der Waals surface area (Å²) in [6.45, 7) is 8.73. The van der Waals surface area contributed by atoms with Crippen molar-refractivity contribution in [1.82, 2.24) is 4.98 Å². The fourth-order valence-corrected chi connectivity index (χ4v) is 4.05. The number of anilines is 1. The lowest BCUT2D eigenvalue weighted by molar-refractivity contribution is 0.00355. The molecule has 2 rings (SSSR count). The molecule has 1 fully saturated rings. The third kappa shape index (κ3) is 3.04. The van der Waals surface area contributed by atoms with Gasteiger partial charge in [0.25, 0.3) is 0 Å². The molecular weight excluding hydrogens is 316 g/mol. The molecule has 0 saturated carbocycles. The normalized spacial score (nSPS) is 21.4. The second kappa shape index (κ2) is 5.45. The van der Waals surface area contributed by atoms with E-state index in [4.69, 9.17) is 14.8 Å². The third-order valence-electron chi connectivity index (χ3n) is 2.90. The van der Waals surface area contributed by atoms with E-state index in [2.05, 4.69) is 41.6 Å². The lowest BCUT2D eigenvalue weighted by Crippen LogP contribution is -2.44. The van der Waals surface area contributed by atoms with E-state index in [0.29, 0.717) is 13.2 Å². The molecule has 0 bridgehead atoms. The van der Waals surface area contributed by atoms with Crippen molar-refractivity contribution in [3.05, 3.63) is 9.48 Å². The summed E-state index contributed by atoms with van der Waals surface area (Å²) < 4.78 is 6.55. The summed E-state index contributed by atoms with van der Waals surface area (Å²) in [5, 5.41) is 10.2. The Morgan fingerprint density at radius 2 is 2.28 bits per heavy atom. The fourth-order valence-electron chi connectivity index (χ4n) is 1.89. The molecule has 1 aromatic rings. The minimum absolute atomic E-state index is 0.0379. The molecule has 0 aliphatic carbocycles. The van der Waals surface area contributed by atoms with Crippen LogP contribution in [0.2, 0.25) is 0 Å². The highest BCUT2D eigenvalue weighted by Crippen LogP contribution is 2.37. The topological polar surface area (TPSA) is 45.6 Å². The predicted molar refractivity (Wildman–Crippen MR) is 77.6 cm³/mol. The Bertz CT molecular complexity index is 417. The van der Waals surface area contributed by atoms with Gasteiger partial charge in [0.15, 0.2) is 5.13 Å². The summed E-state index contributed by atoms with van der Waals surface area (Å²) in [7, 11) is 0. The summed E-state index contributed by atoms with van der Waals surface area (Å²) in [4.78, 5) is 6.92. The highest BCUT2D eigenvalue weighted by Gasteiger charge is 2.26. The Hall–Kier alpha value is -0.170. The van der Waals surface area contributed by atoms with E-state index in [0.717, 1.165) is 21.2 Å². The number of aliphatic hydroxyl groups is 1. The standard InChI is InChI=1S/C12H19BrN2O2S/c1-12(2,3)9-10(13)18-11(14-9)15-4-5-17-8(6-15)7-16/h8,16H,4-7H2,1-3H3. The molecule has 2 heterocycles. The van der Waals surface area contributed by atoms with Crippen LogP contribution in [0, 0.1) is 0 Å². The Labute approximate surface area is 120 Å². The second-order valence-electron chi connectivity index (χ2n) is 5.49. The van der Waals surface area contributed by atoms with E-state index >= 15 is 0 Å². The fraction of sp³-hybridized carbons (Fsp3) is 0.750. The maximum absolute atomic E-state index is 9.17. The van der Waals surface area contributed by atoms with Crippen molar-refractivity contribution >= 4 is 32.4 Å². The average Bonchev–Trinajstić information content (AvgIpc) is 2.71. The highest BCUT2D eigenvalue weighted by molar-refractivity contribution is 9.11. The van der Waals surface area contributed by atoms with Crippen molar-refractivity contribution in [3.63, 3.8) is 0 Å². The Morgan fingerprint density at radius 1 is 1.56 bits per heavy atom. The van der Waals surface area contributed by atoms with Gasteiger partial charge in [-0.05, 0) is 15.9 Å². The van der Waals surface area contributed by atoms with Crippen molar-refractivity contribution in [2.75, 3.05) is 31.2 Å². The van der Waals surface area contributed by atoms with E-state index in [9.17, 15) is 0 Å². The summed E-state index contributed by atoms with van der Waals surface area (Å²) >= 11 is 5.26. The van der Waals surface area contributed by atoms with Gasteiger partial charge < -0.3 is 14.7 Å². The number of ether oxygens (including phenoxy) is 1. The minimum atomic E-state index is -0.0977. The Kier molecular flexibility index (Phi) is 4.31. The first-order valence-electron chi connectivity index (χ1n) is 6.06. The third-order valence-corrected chi connectivity index (χ3v) is 4.66. The lowest BCUT2D eigenvalue weighted by Gasteiger charge is -2.31. The van der Waals surface area contributed by atoms with Crippen molar-refractivity contribution in [2.45, 2.75) is 32.3 Å². The first-order valence-corrected chi connectivity index (χ1v) is 7.67. The summed E-state index contributed by atoms with van der Waals surface area (Å²) in [5.74, 6) is 0. The molecule has 1 aromatic heterocycles. The summed E-state index contributed by atoms with van der Waals surface area (Å²) in [5.41, 5.74) is 1.13. The zero-order valence-corrected chi connectivity index (χ0v) is 13.3. The van der Waals surface area contributed by atoms with Gasteiger partial charge in [-0.3, -0.25) is 0 Å². The molecule has 6 heteroatoms. The van der Waals surface area contributed by atoms with Crippen LogP contribution in [-0.2, 0) is 10.2 Å². The van der Waals surface area contributed by atoms with Crippen LogP contribution >= 0.6 is 27.3 Å². The number of rotatable bonds is 2. The maximum atomic E-state index is 9.17. The molecule has 1 aliphatic rings. The Morgan fingerprint density at radius 3 is 2.83 bits per heavy atom. The molecule has 0 aromatic carbocycles. The number of aromatic nitrogens is 1. The first kappa shape index (κ1) is 14.2. The van der Waals surface area contributed by atoms with Gasteiger partial charge in [-0.1, -0.05) is 32.1 Å². The molecule has 1 unspecified atom stereocenters. The molecule has 0 amide bonds. The number of thiazole rings is 1. The second-order valence-corrected chi connectivity index (χ2v) is 7.79. The number of aliphatic hydroxyl groups excluding tert-OH is 1. The maximum Gasteiger partial charge on any atom is 0.186 e. The molecule has 0 spiro atoms. The monoisotopic (exact) mass is 334 g/mol. The number of nitrogens with zero attached hydrogens (tertiary/aromatic N) is 2. The van der Waals surface area contributed by atoms with Crippen LogP contribution in [0.4, 0.5) is 5.13 Å². The van der Waals surface area contributed by atoms with Gasteiger partial charge in [0.2, 0.25) is 0 Å². The van der Waals surface area contributed by atoms with E-state index in [1.807, 2.05) is 0 Å². The number of morpholine rings is 1. The van der Waals surface area contributed by atoms with Crippen molar-refractivity contribution in [3.8, 4) is 0 Å². The van der Waals surface area contributed by atoms with Crippen molar-refractivity contribution in [1.29, 1.82) is 0 Å². The van der Waals surface area contributed by atoms with Gasteiger partial charge in [-0.15, -0.1) is 0 Å². The molecule has 1 atom stereocenters. The van der Waals surface area contributed by atoms with Gasteiger partial charge >= 0.3 is 0 Å². The number of halogens is 1. The molecule has 102 valence electrons. The quantitative estimate of drug-likeness (QED) is 0.902. The smallest absolute Gasteiger partial charge is 0.186 e. The van der Waals surface area contributed by atoms with Gasteiger partial charge in [0, 0.05) is 18.5 Å². The number of hydrogen-bond donors (Lipinski definition) is 1. The first-order chi connectivity index (χ1) is 8.41. The summed E-state index contributed by atoms with van der Waals surface area (Å²) in [6, 6.07) is 0. The van der Waals surface area contributed by atoms with Crippen molar-refractivity contribution in [2.24, 2.45) is 0 Å². The molecule has 1 N–H and O–H groups in total. The molecular formula is C12H19BrN2O2S. The molecule has 0 radical (unpaired) electrons. The van der Waals surface area contributed by atoms with E-state index in [1.165, 1.54) is 0 Å². The zero-order valence-electron chi connectivity index (χ0n) is 10.9. The van der Waals surface area contributed by atoms with Crippen molar-refractivity contribution < 1.29 is 9.84 Å². The van der Waals surface area contributed by atoms with E-state index in [1.54, 1.807) is 11.3 Å². The average molecular weight is 335 g/mol. The summed E-state index contributed by atoms with van der Waals surface area (Å²) in [6.07, 6.45) is -0.0977. The van der Waals surface area contributed by atoms with Gasteiger partial charge in [0.05, 0.1) is 28.8 Å². The van der Waals surface area contributed by atoms with E-state index < -0.39 is 0 Å².